The van der Waals surface area contributed by atoms with Crippen molar-refractivity contribution in [3.63, 3.8) is 0 Å². The number of rotatable bonds is 3. The number of hydrogen-bond donors (Lipinski definition) is 0. The Morgan fingerprint density at radius 2 is 1.68 bits per heavy atom. The molecule has 2 aromatic carbocycles. The van der Waals surface area contributed by atoms with Gasteiger partial charge < -0.3 is 9.80 Å². The molecule has 1 fully saturated rings. The zero-order valence-electron chi connectivity index (χ0n) is 16.7. The smallest absolute Gasteiger partial charge is 0.321 e. The lowest BCUT2D eigenvalue weighted by Crippen LogP contribution is -2.61. The Morgan fingerprint density at radius 3 is 2.35 bits per heavy atom. The molecule has 2 aliphatic rings. The summed E-state index contributed by atoms with van der Waals surface area (Å²) in [5, 5.41) is 8.75. The van der Waals surface area contributed by atoms with E-state index in [0.29, 0.717) is 18.3 Å². The highest BCUT2D eigenvalue weighted by Gasteiger charge is 2.54. The molecule has 1 aromatic heterocycles. The molecule has 0 spiro atoms. The van der Waals surface area contributed by atoms with Crippen molar-refractivity contribution in [1.29, 1.82) is 0 Å². The van der Waals surface area contributed by atoms with Crippen LogP contribution in [-0.2, 0) is 11.3 Å². The zero-order valence-corrected chi connectivity index (χ0v) is 18.3. The third-order valence-electron chi connectivity index (χ3n) is 5.76. The number of carbonyl (C=O) groups excluding carboxylic acids is 2. The lowest BCUT2D eigenvalue weighted by atomic mass is 10.1. The molecule has 0 saturated carbocycles. The number of amides is 3. The lowest BCUT2D eigenvalue weighted by Gasteiger charge is -2.40. The first-order valence-corrected chi connectivity index (χ1v) is 10.4. The third kappa shape index (κ3) is 3.01. The van der Waals surface area contributed by atoms with Crippen molar-refractivity contribution in [3.05, 3.63) is 64.4 Å². The fraction of sp³-hybridized carbons (Fsp3) is 0.238. The number of halogens is 2. The van der Waals surface area contributed by atoms with Crippen LogP contribution in [0.4, 0.5) is 15.1 Å². The van der Waals surface area contributed by atoms with E-state index in [2.05, 4.69) is 26.1 Å². The van der Waals surface area contributed by atoms with E-state index >= 15 is 0 Å². The van der Waals surface area contributed by atoms with E-state index in [-0.39, 0.29) is 11.7 Å². The number of benzene rings is 2. The first-order valence-electron chi connectivity index (χ1n) is 9.63. The van der Waals surface area contributed by atoms with Gasteiger partial charge in [-0.05, 0) is 29.8 Å². The molecule has 31 heavy (non-hydrogen) atoms. The van der Waals surface area contributed by atoms with Crippen LogP contribution in [0.25, 0.3) is 11.4 Å². The molecule has 3 aromatic rings. The highest BCUT2D eigenvalue weighted by molar-refractivity contribution is 9.10. The van der Waals surface area contributed by atoms with Gasteiger partial charge in [0.05, 0.1) is 0 Å². The molecule has 8 nitrogen and oxygen atoms in total. The summed E-state index contributed by atoms with van der Waals surface area (Å²) in [4.78, 5) is 30.4. The second-order valence-corrected chi connectivity index (χ2v) is 8.52. The average Bonchev–Trinajstić information content (AvgIpc) is 3.32. The number of nitrogens with zero attached hydrogens (tertiary/aromatic N) is 6. The molecule has 1 saturated heterocycles. The molecular weight excluding hydrogens is 467 g/mol. The highest BCUT2D eigenvalue weighted by Crippen LogP contribution is 2.42. The monoisotopic (exact) mass is 484 g/mol. The van der Waals surface area contributed by atoms with Gasteiger partial charge in [0.2, 0.25) is 5.95 Å². The first-order chi connectivity index (χ1) is 14.9. The van der Waals surface area contributed by atoms with Crippen molar-refractivity contribution < 1.29 is 14.0 Å². The third-order valence-corrected chi connectivity index (χ3v) is 6.28. The average molecular weight is 485 g/mol. The van der Waals surface area contributed by atoms with E-state index in [1.165, 1.54) is 24.1 Å². The molecule has 3 amide bonds. The van der Waals surface area contributed by atoms with Crippen LogP contribution in [0.2, 0.25) is 0 Å². The number of hydrogen-bond acceptors (Lipinski definition) is 5. The highest BCUT2D eigenvalue weighted by atomic mass is 79.9. The molecule has 5 rings (SSSR count). The van der Waals surface area contributed by atoms with Gasteiger partial charge in [-0.1, -0.05) is 40.2 Å². The topological polar surface area (TPSA) is 74.6 Å². The number of fused-ring (bicyclic) bond motifs is 3. The van der Waals surface area contributed by atoms with Crippen LogP contribution in [0.15, 0.2) is 53.0 Å². The van der Waals surface area contributed by atoms with Gasteiger partial charge in [0.15, 0.2) is 11.9 Å². The van der Waals surface area contributed by atoms with Crippen molar-refractivity contribution in [1.82, 2.24) is 24.6 Å². The Bertz CT molecular complexity index is 1180. The maximum atomic E-state index is 13.4. The van der Waals surface area contributed by atoms with Gasteiger partial charge in [-0.2, -0.15) is 0 Å². The Labute approximate surface area is 186 Å². The van der Waals surface area contributed by atoms with E-state index in [9.17, 15) is 14.0 Å². The number of urea groups is 1. The predicted octanol–water partition coefficient (Wildman–Crippen LogP) is 3.26. The number of likely N-dealkylation sites (N-methyl/N-ethyl adjacent to an activating group) is 2. The van der Waals surface area contributed by atoms with Crippen molar-refractivity contribution in [3.8, 4) is 11.4 Å². The van der Waals surface area contributed by atoms with Crippen molar-refractivity contribution in [2.45, 2.75) is 18.8 Å². The van der Waals surface area contributed by atoms with Gasteiger partial charge in [0.1, 0.15) is 12.0 Å². The zero-order chi connectivity index (χ0) is 21.9. The minimum Gasteiger partial charge on any atom is -0.321 e. The van der Waals surface area contributed by atoms with E-state index in [1.807, 2.05) is 33.7 Å². The molecule has 0 radical (unpaired) electrons. The minimum atomic E-state index is -0.669. The molecule has 2 unspecified atom stereocenters. The molecule has 2 aliphatic heterocycles. The number of imide groups is 1. The van der Waals surface area contributed by atoms with Crippen LogP contribution in [-0.4, -0.2) is 56.6 Å². The molecule has 158 valence electrons. The van der Waals surface area contributed by atoms with Crippen LogP contribution in [0.3, 0.4) is 0 Å². The Hall–Kier alpha value is -3.27. The quantitative estimate of drug-likeness (QED) is 0.570. The Balaban J connectivity index is 1.64. The summed E-state index contributed by atoms with van der Waals surface area (Å²) < 4.78 is 16.1. The summed E-state index contributed by atoms with van der Waals surface area (Å²) in [6, 6.07) is 12.6. The van der Waals surface area contributed by atoms with E-state index in [4.69, 9.17) is 0 Å². The number of carbonyl (C=O) groups is 2. The summed E-state index contributed by atoms with van der Waals surface area (Å²) in [7, 11) is 3.14. The Morgan fingerprint density at radius 1 is 1.00 bits per heavy atom. The van der Waals surface area contributed by atoms with Crippen molar-refractivity contribution in [2.24, 2.45) is 0 Å². The largest absolute Gasteiger partial charge is 0.327 e. The van der Waals surface area contributed by atoms with Crippen molar-refractivity contribution >= 4 is 33.8 Å². The normalized spacial score (nSPS) is 20.3. The van der Waals surface area contributed by atoms with Crippen LogP contribution in [0.5, 0.6) is 0 Å². The molecule has 2 atom stereocenters. The van der Waals surface area contributed by atoms with E-state index in [0.717, 1.165) is 20.5 Å². The van der Waals surface area contributed by atoms with Gasteiger partial charge in [-0.15, -0.1) is 10.2 Å². The maximum Gasteiger partial charge on any atom is 0.327 e. The molecule has 0 N–H and O–H groups in total. The summed E-state index contributed by atoms with van der Waals surface area (Å²) >= 11 is 3.43. The van der Waals surface area contributed by atoms with Gasteiger partial charge >= 0.3 is 6.03 Å². The van der Waals surface area contributed by atoms with E-state index < -0.39 is 18.2 Å². The molecule has 0 aliphatic carbocycles. The van der Waals surface area contributed by atoms with Gasteiger partial charge in [0.25, 0.3) is 5.91 Å². The molecule has 0 bridgehead atoms. The fourth-order valence-corrected chi connectivity index (χ4v) is 4.45. The summed E-state index contributed by atoms with van der Waals surface area (Å²) in [5.74, 6) is 0.404. The van der Waals surface area contributed by atoms with Crippen molar-refractivity contribution in [2.75, 3.05) is 19.0 Å². The fourth-order valence-electron chi connectivity index (χ4n) is 4.19. The van der Waals surface area contributed by atoms with Crippen LogP contribution < -0.4 is 4.90 Å². The van der Waals surface area contributed by atoms with Crippen LogP contribution in [0.1, 0.15) is 11.7 Å². The first kappa shape index (κ1) is 19.7. The maximum absolute atomic E-state index is 13.4. The summed E-state index contributed by atoms with van der Waals surface area (Å²) in [6.07, 6.45) is -0.597. The predicted molar refractivity (Wildman–Crippen MR) is 114 cm³/mol. The second-order valence-electron chi connectivity index (χ2n) is 7.60. The van der Waals surface area contributed by atoms with Gasteiger partial charge in [-0.25, -0.2) is 9.18 Å². The van der Waals surface area contributed by atoms with E-state index in [1.54, 1.807) is 19.2 Å². The number of anilines is 1. The number of aromatic nitrogens is 3. The van der Waals surface area contributed by atoms with Gasteiger partial charge in [0, 0.05) is 30.7 Å². The molecule has 3 heterocycles. The standard InChI is InChI=1S/C21H18BrFN6O2/c1-26-18-16(19(30)27(2)21(26)31)28(11-12-3-9-15(23)10-4-12)20-25-24-17(29(18)20)13-5-7-14(22)8-6-13/h3-10,16,18H,11H2,1-2H3. The van der Waals surface area contributed by atoms with Crippen LogP contribution >= 0.6 is 15.9 Å². The minimum absolute atomic E-state index is 0.317. The van der Waals surface area contributed by atoms with Crippen LogP contribution in [0, 0.1) is 5.82 Å². The summed E-state index contributed by atoms with van der Waals surface area (Å²) in [5.41, 5.74) is 1.63. The lowest BCUT2D eigenvalue weighted by molar-refractivity contribution is -0.133. The summed E-state index contributed by atoms with van der Waals surface area (Å²) in [6.45, 7) is 0.321. The SMILES string of the molecule is CN1C(=O)C2C(N(C)C1=O)n1c(-c3ccc(Br)cc3)nnc1N2Cc1ccc(F)cc1. The Kier molecular flexibility index (Phi) is 4.54. The van der Waals surface area contributed by atoms with Gasteiger partial charge in [-0.3, -0.25) is 14.3 Å². The molecular formula is C21H18BrFN6O2. The second kappa shape index (κ2) is 7.16. The molecule has 10 heteroatoms.